The minimum Gasteiger partial charge on any atom is -0.373 e. The first-order chi connectivity index (χ1) is 10.4. The lowest BCUT2D eigenvalue weighted by Gasteiger charge is -2.35. The molecule has 2 aliphatic heterocycles. The van der Waals surface area contributed by atoms with E-state index in [1.54, 1.807) is 4.31 Å². The van der Waals surface area contributed by atoms with Crippen LogP contribution < -0.4 is 4.72 Å². The summed E-state index contributed by atoms with van der Waals surface area (Å²) in [6.45, 7) is 6.62. The lowest BCUT2D eigenvalue weighted by atomic mass is 10.2. The van der Waals surface area contributed by atoms with Gasteiger partial charge in [0.25, 0.3) is 10.2 Å². The molecule has 22 heavy (non-hydrogen) atoms. The van der Waals surface area contributed by atoms with Crippen molar-refractivity contribution in [1.29, 1.82) is 0 Å². The molecule has 0 aromatic heterocycles. The van der Waals surface area contributed by atoms with E-state index < -0.39 is 10.2 Å². The Labute approximate surface area is 134 Å². The van der Waals surface area contributed by atoms with Gasteiger partial charge in [-0.25, -0.2) is 0 Å². The van der Waals surface area contributed by atoms with Gasteiger partial charge in [0, 0.05) is 38.3 Å². The highest BCUT2D eigenvalue weighted by molar-refractivity contribution is 7.87. The highest BCUT2D eigenvalue weighted by Gasteiger charge is 2.36. The van der Waals surface area contributed by atoms with Crippen molar-refractivity contribution < 1.29 is 13.2 Å². The van der Waals surface area contributed by atoms with Crippen LogP contribution in [0.4, 0.5) is 0 Å². The van der Waals surface area contributed by atoms with Gasteiger partial charge < -0.3 is 4.74 Å². The molecule has 0 aromatic carbocycles. The molecule has 7 heteroatoms. The summed E-state index contributed by atoms with van der Waals surface area (Å²) in [5.74, 6) is 0. The zero-order valence-corrected chi connectivity index (χ0v) is 14.5. The third-order valence-electron chi connectivity index (χ3n) is 5.10. The fraction of sp³-hybridized carbons (Fsp3) is 1.00. The van der Waals surface area contributed by atoms with E-state index in [9.17, 15) is 8.42 Å². The van der Waals surface area contributed by atoms with Crippen molar-refractivity contribution in [2.24, 2.45) is 0 Å². The lowest BCUT2D eigenvalue weighted by molar-refractivity contribution is -0.0444. The van der Waals surface area contributed by atoms with Crippen molar-refractivity contribution in [3.63, 3.8) is 0 Å². The molecule has 3 fully saturated rings. The second-order valence-corrected chi connectivity index (χ2v) is 8.82. The molecule has 3 aliphatic rings. The van der Waals surface area contributed by atoms with Gasteiger partial charge in [0.05, 0.1) is 12.2 Å². The minimum atomic E-state index is -3.40. The van der Waals surface area contributed by atoms with Crippen molar-refractivity contribution in [3.8, 4) is 0 Å². The van der Waals surface area contributed by atoms with Crippen LogP contribution in [0.1, 0.15) is 46.0 Å². The Bertz CT molecular complexity index is 468. The Kier molecular flexibility index (Phi) is 5.09. The fourth-order valence-corrected chi connectivity index (χ4v) is 5.67. The average Bonchev–Trinajstić information content (AvgIpc) is 3.07. The maximum Gasteiger partial charge on any atom is 0.279 e. The van der Waals surface area contributed by atoms with E-state index in [1.807, 2.05) is 13.8 Å². The molecule has 128 valence electrons. The Balaban J connectivity index is 1.55. The van der Waals surface area contributed by atoms with Crippen LogP contribution in [0, 0.1) is 0 Å². The molecule has 6 nitrogen and oxygen atoms in total. The van der Waals surface area contributed by atoms with Crippen molar-refractivity contribution in [1.82, 2.24) is 13.9 Å². The summed E-state index contributed by atoms with van der Waals surface area (Å²) in [6.07, 6.45) is 6.03. The van der Waals surface area contributed by atoms with E-state index >= 15 is 0 Å². The summed E-state index contributed by atoms with van der Waals surface area (Å²) in [5, 5.41) is 0. The summed E-state index contributed by atoms with van der Waals surface area (Å²) in [7, 11) is -3.40. The number of likely N-dealkylation sites (tertiary alicyclic amines) is 1. The SMILES string of the molecule is C[C@@H]1CN(S(=O)(=O)N[C@H]2CCN(C3CCCC3)C2)C[C@H](C)O1. The molecule has 0 amide bonds. The van der Waals surface area contributed by atoms with Crippen LogP contribution in [-0.2, 0) is 14.9 Å². The van der Waals surface area contributed by atoms with Gasteiger partial charge in [-0.05, 0) is 33.1 Å². The zero-order valence-electron chi connectivity index (χ0n) is 13.7. The van der Waals surface area contributed by atoms with Crippen LogP contribution in [-0.4, -0.2) is 68.1 Å². The average molecular weight is 331 g/mol. The van der Waals surface area contributed by atoms with Gasteiger partial charge in [-0.1, -0.05) is 12.8 Å². The van der Waals surface area contributed by atoms with Gasteiger partial charge in [0.2, 0.25) is 0 Å². The molecule has 3 atom stereocenters. The summed E-state index contributed by atoms with van der Waals surface area (Å²) < 4.78 is 35.3. The number of nitrogens with one attached hydrogen (secondary N) is 1. The van der Waals surface area contributed by atoms with E-state index in [1.165, 1.54) is 25.7 Å². The van der Waals surface area contributed by atoms with Crippen molar-refractivity contribution in [2.45, 2.75) is 70.2 Å². The number of hydrogen-bond acceptors (Lipinski definition) is 4. The number of rotatable bonds is 4. The topological polar surface area (TPSA) is 61.9 Å². The van der Waals surface area contributed by atoms with Crippen molar-refractivity contribution >= 4 is 10.2 Å². The number of morpholine rings is 1. The molecule has 2 saturated heterocycles. The maximum absolute atomic E-state index is 12.6. The molecule has 1 N–H and O–H groups in total. The second kappa shape index (κ2) is 6.73. The minimum absolute atomic E-state index is 0.0427. The number of ether oxygens (including phenoxy) is 1. The first-order valence-electron chi connectivity index (χ1n) is 8.61. The summed E-state index contributed by atoms with van der Waals surface area (Å²) in [4.78, 5) is 2.48. The molecule has 3 rings (SSSR count). The largest absolute Gasteiger partial charge is 0.373 e. The highest BCUT2D eigenvalue weighted by atomic mass is 32.2. The number of hydrogen-bond donors (Lipinski definition) is 1. The van der Waals surface area contributed by atoms with E-state index in [4.69, 9.17) is 4.74 Å². The Hall–Kier alpha value is -0.210. The van der Waals surface area contributed by atoms with Crippen molar-refractivity contribution in [2.75, 3.05) is 26.2 Å². The first-order valence-corrected chi connectivity index (χ1v) is 10.0. The summed E-state index contributed by atoms with van der Waals surface area (Å²) >= 11 is 0. The van der Waals surface area contributed by atoms with Crippen LogP contribution in [0.3, 0.4) is 0 Å². The Morgan fingerprint density at radius 3 is 2.27 bits per heavy atom. The van der Waals surface area contributed by atoms with Crippen LogP contribution in [0.15, 0.2) is 0 Å². The first kappa shape index (κ1) is 16.6. The summed E-state index contributed by atoms with van der Waals surface area (Å²) in [6, 6.07) is 0.733. The van der Waals surface area contributed by atoms with E-state index in [2.05, 4.69) is 9.62 Å². The second-order valence-electron chi connectivity index (χ2n) is 7.12. The quantitative estimate of drug-likeness (QED) is 0.833. The standard InChI is InChI=1S/C15H29N3O3S/c1-12-9-18(10-13(2)21-12)22(19,20)16-14-7-8-17(11-14)15-5-3-4-6-15/h12-16H,3-11H2,1-2H3/t12-,13+,14-/m0/s1. The highest BCUT2D eigenvalue weighted by Crippen LogP contribution is 2.27. The predicted molar refractivity (Wildman–Crippen MR) is 85.9 cm³/mol. The van der Waals surface area contributed by atoms with E-state index in [-0.39, 0.29) is 18.2 Å². The summed E-state index contributed by atoms with van der Waals surface area (Å²) in [5.41, 5.74) is 0. The van der Waals surface area contributed by atoms with E-state index in [0.717, 1.165) is 19.5 Å². The Morgan fingerprint density at radius 2 is 1.64 bits per heavy atom. The molecule has 0 bridgehead atoms. The smallest absolute Gasteiger partial charge is 0.279 e. The molecule has 0 aromatic rings. The van der Waals surface area contributed by atoms with Crippen LogP contribution >= 0.6 is 0 Å². The zero-order chi connectivity index (χ0) is 15.7. The molecule has 1 saturated carbocycles. The van der Waals surface area contributed by atoms with Crippen molar-refractivity contribution in [3.05, 3.63) is 0 Å². The lowest BCUT2D eigenvalue weighted by Crippen LogP contribution is -2.54. The van der Waals surface area contributed by atoms with Gasteiger partial charge in [0.1, 0.15) is 0 Å². The monoisotopic (exact) mass is 331 g/mol. The normalized spacial score (nSPS) is 36.2. The molecule has 0 radical (unpaired) electrons. The fourth-order valence-electron chi connectivity index (χ4n) is 4.10. The van der Waals surface area contributed by atoms with Gasteiger partial charge >= 0.3 is 0 Å². The Morgan fingerprint density at radius 1 is 1.00 bits per heavy atom. The predicted octanol–water partition coefficient (Wildman–Crippen LogP) is 0.947. The van der Waals surface area contributed by atoms with Crippen LogP contribution in [0.2, 0.25) is 0 Å². The number of nitrogens with zero attached hydrogens (tertiary/aromatic N) is 2. The molecular formula is C15H29N3O3S. The van der Waals surface area contributed by atoms with Gasteiger partial charge in [-0.2, -0.15) is 17.4 Å². The molecule has 0 spiro atoms. The molecular weight excluding hydrogens is 302 g/mol. The van der Waals surface area contributed by atoms with Gasteiger partial charge in [-0.3, -0.25) is 4.90 Å². The molecule has 0 unspecified atom stereocenters. The van der Waals surface area contributed by atoms with Gasteiger partial charge in [0.15, 0.2) is 0 Å². The molecule has 2 heterocycles. The maximum atomic E-state index is 12.6. The van der Waals surface area contributed by atoms with E-state index in [0.29, 0.717) is 19.1 Å². The van der Waals surface area contributed by atoms with Gasteiger partial charge in [-0.15, -0.1) is 0 Å². The third-order valence-corrected chi connectivity index (χ3v) is 6.71. The van der Waals surface area contributed by atoms with Crippen LogP contribution in [0.25, 0.3) is 0 Å². The third kappa shape index (κ3) is 3.82. The molecule has 1 aliphatic carbocycles. The van der Waals surface area contributed by atoms with Crippen LogP contribution in [0.5, 0.6) is 0 Å².